The fourth-order valence-electron chi connectivity index (χ4n) is 3.52. The second-order valence-electron chi connectivity index (χ2n) is 7.26. The Hall–Kier alpha value is -3.19. The molecular formula is C25H18Cl2N2O3S. The van der Waals surface area contributed by atoms with Gasteiger partial charge >= 0.3 is 0 Å². The Bertz CT molecular complexity index is 1310. The summed E-state index contributed by atoms with van der Waals surface area (Å²) in [7, 11) is 0. The Labute approximate surface area is 206 Å². The SMILES string of the molecule is C=CCN1C(=O)/C(=C/c2cc(Cl)c(OCc3cccc4ccccc34)c(Cl)c2)C(=O)NC1=S. The molecule has 0 saturated carbocycles. The van der Waals surface area contributed by atoms with Crippen LogP contribution in [0.15, 0.2) is 72.8 Å². The molecule has 1 heterocycles. The van der Waals surface area contributed by atoms with Gasteiger partial charge in [-0.05, 0) is 52.3 Å². The van der Waals surface area contributed by atoms with Gasteiger partial charge in [-0.15, -0.1) is 6.58 Å². The van der Waals surface area contributed by atoms with Crippen LogP contribution in [0.2, 0.25) is 10.0 Å². The summed E-state index contributed by atoms with van der Waals surface area (Å²) in [5, 5.41) is 5.25. The minimum absolute atomic E-state index is 0.0373. The molecule has 0 unspecified atom stereocenters. The fourth-order valence-corrected chi connectivity index (χ4v) is 4.39. The molecule has 8 heteroatoms. The summed E-state index contributed by atoms with van der Waals surface area (Å²) >= 11 is 17.9. The highest BCUT2D eigenvalue weighted by molar-refractivity contribution is 7.80. The van der Waals surface area contributed by atoms with Crippen LogP contribution in [0.5, 0.6) is 5.75 Å². The predicted molar refractivity (Wildman–Crippen MR) is 135 cm³/mol. The Morgan fingerprint density at radius 1 is 1.06 bits per heavy atom. The molecule has 2 amide bonds. The number of ether oxygens (including phenoxy) is 1. The van der Waals surface area contributed by atoms with Gasteiger partial charge < -0.3 is 4.74 Å². The molecule has 0 radical (unpaired) electrons. The zero-order chi connectivity index (χ0) is 23.5. The molecule has 0 aromatic heterocycles. The third-order valence-electron chi connectivity index (χ3n) is 5.08. The van der Waals surface area contributed by atoms with E-state index in [1.165, 1.54) is 17.1 Å². The number of fused-ring (bicyclic) bond motifs is 1. The van der Waals surface area contributed by atoms with Gasteiger partial charge in [0.2, 0.25) is 0 Å². The van der Waals surface area contributed by atoms with Gasteiger partial charge in [-0.2, -0.15) is 0 Å². The van der Waals surface area contributed by atoms with Crippen LogP contribution in [0.1, 0.15) is 11.1 Å². The molecule has 0 atom stereocenters. The molecular weight excluding hydrogens is 479 g/mol. The highest BCUT2D eigenvalue weighted by Gasteiger charge is 2.32. The van der Waals surface area contributed by atoms with Crippen molar-refractivity contribution in [1.29, 1.82) is 0 Å². The van der Waals surface area contributed by atoms with Crippen LogP contribution in [0, 0.1) is 0 Å². The lowest BCUT2D eigenvalue weighted by Gasteiger charge is -2.27. The van der Waals surface area contributed by atoms with Crippen LogP contribution in [-0.2, 0) is 16.2 Å². The van der Waals surface area contributed by atoms with Gasteiger partial charge in [-0.3, -0.25) is 19.8 Å². The number of nitrogens with one attached hydrogen (secondary N) is 1. The van der Waals surface area contributed by atoms with Crippen molar-refractivity contribution in [2.45, 2.75) is 6.61 Å². The molecule has 1 N–H and O–H groups in total. The summed E-state index contributed by atoms with van der Waals surface area (Å²) in [6.07, 6.45) is 2.94. The van der Waals surface area contributed by atoms with Crippen molar-refractivity contribution >= 4 is 69.2 Å². The first-order chi connectivity index (χ1) is 15.9. The highest BCUT2D eigenvalue weighted by Crippen LogP contribution is 2.36. The maximum Gasteiger partial charge on any atom is 0.265 e. The molecule has 0 aliphatic carbocycles. The van der Waals surface area contributed by atoms with Crippen molar-refractivity contribution in [2.24, 2.45) is 0 Å². The monoisotopic (exact) mass is 496 g/mol. The number of nitrogens with zero attached hydrogens (tertiary/aromatic N) is 1. The summed E-state index contributed by atoms with van der Waals surface area (Å²) < 4.78 is 5.94. The van der Waals surface area contributed by atoms with Crippen LogP contribution in [0.25, 0.3) is 16.8 Å². The van der Waals surface area contributed by atoms with E-state index < -0.39 is 11.8 Å². The van der Waals surface area contributed by atoms with Crippen molar-refractivity contribution in [2.75, 3.05) is 6.54 Å². The van der Waals surface area contributed by atoms with Gasteiger partial charge in [0, 0.05) is 6.54 Å². The van der Waals surface area contributed by atoms with Gasteiger partial charge in [0.1, 0.15) is 12.2 Å². The van der Waals surface area contributed by atoms with E-state index in [1.54, 1.807) is 12.1 Å². The minimum atomic E-state index is -0.589. The Kier molecular flexibility index (Phi) is 6.79. The molecule has 0 spiro atoms. The van der Waals surface area contributed by atoms with Crippen LogP contribution in [0.3, 0.4) is 0 Å². The number of carbonyl (C=O) groups is 2. The zero-order valence-corrected chi connectivity index (χ0v) is 19.6. The normalized spacial score (nSPS) is 15.2. The number of hydrogen-bond acceptors (Lipinski definition) is 4. The molecule has 3 aromatic carbocycles. The average Bonchev–Trinajstić information content (AvgIpc) is 2.79. The quantitative estimate of drug-likeness (QED) is 0.210. The van der Waals surface area contributed by atoms with Crippen LogP contribution < -0.4 is 10.1 Å². The number of halogens is 2. The smallest absolute Gasteiger partial charge is 0.265 e. The van der Waals surface area contributed by atoms with Crippen LogP contribution in [0.4, 0.5) is 0 Å². The third-order valence-corrected chi connectivity index (χ3v) is 5.96. The van der Waals surface area contributed by atoms with E-state index in [4.69, 9.17) is 40.2 Å². The minimum Gasteiger partial charge on any atom is -0.486 e. The fraction of sp³-hybridized carbons (Fsp3) is 0.0800. The highest BCUT2D eigenvalue weighted by atomic mass is 35.5. The van der Waals surface area contributed by atoms with E-state index in [0.717, 1.165) is 16.3 Å². The summed E-state index contributed by atoms with van der Waals surface area (Å²) in [6.45, 7) is 4.06. The molecule has 33 heavy (non-hydrogen) atoms. The summed E-state index contributed by atoms with van der Waals surface area (Å²) in [5.74, 6) is -0.789. The first-order valence-electron chi connectivity index (χ1n) is 9.97. The van der Waals surface area contributed by atoms with E-state index in [0.29, 0.717) is 11.3 Å². The lowest BCUT2D eigenvalue weighted by molar-refractivity contribution is -0.128. The van der Waals surface area contributed by atoms with Crippen molar-refractivity contribution in [3.05, 3.63) is 94.0 Å². The Morgan fingerprint density at radius 2 is 1.76 bits per heavy atom. The second kappa shape index (κ2) is 9.75. The lowest BCUT2D eigenvalue weighted by atomic mass is 10.1. The molecule has 4 rings (SSSR count). The van der Waals surface area contributed by atoms with Crippen molar-refractivity contribution in [1.82, 2.24) is 10.2 Å². The first-order valence-corrected chi connectivity index (χ1v) is 11.1. The average molecular weight is 497 g/mol. The molecule has 1 aliphatic rings. The van der Waals surface area contributed by atoms with E-state index in [2.05, 4.69) is 11.9 Å². The molecule has 3 aromatic rings. The Balaban J connectivity index is 1.59. The lowest BCUT2D eigenvalue weighted by Crippen LogP contribution is -2.53. The van der Waals surface area contributed by atoms with E-state index in [9.17, 15) is 9.59 Å². The van der Waals surface area contributed by atoms with Crippen molar-refractivity contribution in [3.63, 3.8) is 0 Å². The maximum absolute atomic E-state index is 12.7. The van der Waals surface area contributed by atoms with Crippen LogP contribution in [-0.4, -0.2) is 28.4 Å². The zero-order valence-electron chi connectivity index (χ0n) is 17.3. The van der Waals surface area contributed by atoms with Crippen molar-refractivity contribution < 1.29 is 14.3 Å². The van der Waals surface area contributed by atoms with Gasteiger partial charge in [-0.1, -0.05) is 71.7 Å². The Morgan fingerprint density at radius 3 is 2.48 bits per heavy atom. The van der Waals surface area contributed by atoms with Gasteiger partial charge in [0.15, 0.2) is 10.9 Å². The van der Waals surface area contributed by atoms with Gasteiger partial charge in [-0.25, -0.2) is 0 Å². The van der Waals surface area contributed by atoms with E-state index >= 15 is 0 Å². The summed E-state index contributed by atoms with van der Waals surface area (Å²) in [5.41, 5.74) is 1.39. The number of carbonyl (C=O) groups excluding carboxylic acids is 2. The van der Waals surface area contributed by atoms with E-state index in [1.807, 2.05) is 42.5 Å². The van der Waals surface area contributed by atoms with Crippen LogP contribution >= 0.6 is 35.4 Å². The number of benzene rings is 3. The molecule has 5 nitrogen and oxygen atoms in total. The number of thiocarbonyl (C=S) groups is 1. The molecule has 166 valence electrons. The molecule has 1 fully saturated rings. The molecule has 0 bridgehead atoms. The largest absolute Gasteiger partial charge is 0.486 e. The number of rotatable bonds is 6. The third kappa shape index (κ3) is 4.78. The summed E-state index contributed by atoms with van der Waals surface area (Å²) in [6, 6.07) is 17.2. The standard InChI is InChI=1S/C25H18Cl2N2O3S/c1-2-10-29-24(31)19(23(30)28-25(29)33)11-15-12-20(26)22(21(27)13-15)32-14-17-8-5-7-16-6-3-4-9-18(16)17/h2-9,11-13H,1,10,14H2,(H,28,30,33)/b19-11+. The second-order valence-corrected chi connectivity index (χ2v) is 8.46. The predicted octanol–water partition coefficient (Wildman–Crippen LogP) is 5.54. The molecule has 1 aliphatic heterocycles. The van der Waals surface area contributed by atoms with Crippen molar-refractivity contribution in [3.8, 4) is 5.75 Å². The van der Waals surface area contributed by atoms with E-state index in [-0.39, 0.29) is 33.9 Å². The maximum atomic E-state index is 12.7. The van der Waals surface area contributed by atoms with Gasteiger partial charge in [0.25, 0.3) is 11.8 Å². The number of amides is 2. The molecule has 1 saturated heterocycles. The topological polar surface area (TPSA) is 58.6 Å². The van der Waals surface area contributed by atoms with Gasteiger partial charge in [0.05, 0.1) is 10.0 Å². The number of hydrogen-bond donors (Lipinski definition) is 1. The first kappa shape index (κ1) is 23.0. The summed E-state index contributed by atoms with van der Waals surface area (Å²) in [4.78, 5) is 26.3.